The molecule has 15 heavy (non-hydrogen) atoms. The third-order valence-electron chi connectivity index (χ3n) is 4.33. The summed E-state index contributed by atoms with van der Waals surface area (Å²) in [5.74, 6) is 1.82. The lowest BCUT2D eigenvalue weighted by Crippen LogP contribution is -2.51. The Bertz CT molecular complexity index is 250. The van der Waals surface area contributed by atoms with Crippen LogP contribution in [0.3, 0.4) is 0 Å². The molecule has 2 saturated heterocycles. The largest absolute Gasteiger partial charge is 0.339 e. The van der Waals surface area contributed by atoms with Crippen LogP contribution in [0.5, 0.6) is 0 Å². The second-order valence-electron chi connectivity index (χ2n) is 5.25. The number of amides is 1. The minimum absolute atomic E-state index is 0.207. The van der Waals surface area contributed by atoms with Gasteiger partial charge in [-0.2, -0.15) is 0 Å². The van der Waals surface area contributed by atoms with E-state index in [4.69, 9.17) is 0 Å². The highest BCUT2D eigenvalue weighted by Crippen LogP contribution is 2.27. The van der Waals surface area contributed by atoms with Crippen LogP contribution in [0.2, 0.25) is 0 Å². The van der Waals surface area contributed by atoms with Crippen LogP contribution in [0, 0.1) is 17.8 Å². The fourth-order valence-corrected chi connectivity index (χ4v) is 2.53. The Morgan fingerprint density at radius 1 is 1.40 bits per heavy atom. The van der Waals surface area contributed by atoms with Crippen molar-refractivity contribution in [3.63, 3.8) is 0 Å². The van der Waals surface area contributed by atoms with Crippen molar-refractivity contribution in [1.82, 2.24) is 10.2 Å². The molecule has 0 spiro atoms. The molecule has 0 aromatic heterocycles. The minimum Gasteiger partial charge on any atom is -0.339 e. The molecule has 3 unspecified atom stereocenters. The molecule has 3 nitrogen and oxygen atoms in total. The number of nitrogens with one attached hydrogen (secondary N) is 1. The molecule has 86 valence electrons. The molecule has 1 N–H and O–H groups in total. The molecule has 2 aliphatic rings. The first-order chi connectivity index (χ1) is 7.11. The molecular weight excluding hydrogens is 188 g/mol. The molecule has 0 aliphatic carbocycles. The van der Waals surface area contributed by atoms with Crippen LogP contribution >= 0.6 is 0 Å². The summed E-state index contributed by atoms with van der Waals surface area (Å²) in [5, 5.41) is 3.24. The van der Waals surface area contributed by atoms with Gasteiger partial charge in [0.25, 0.3) is 0 Å². The molecule has 0 aromatic rings. The molecule has 0 radical (unpaired) electrons. The maximum absolute atomic E-state index is 12.2. The lowest BCUT2D eigenvalue weighted by atomic mass is 9.87. The molecular formula is C12H22N2O. The van der Waals surface area contributed by atoms with Crippen molar-refractivity contribution >= 4 is 5.91 Å². The van der Waals surface area contributed by atoms with Crippen LogP contribution in [0.15, 0.2) is 0 Å². The van der Waals surface area contributed by atoms with Crippen molar-refractivity contribution in [1.29, 1.82) is 0 Å². The monoisotopic (exact) mass is 210 g/mol. The molecule has 3 heteroatoms. The molecule has 2 rings (SSSR count). The standard InChI is InChI=1S/C12H22N2O/c1-8-4-5-14(10(8)3)12(15)9(2)11-6-13-7-11/h8-11,13H,4-7H2,1-3H3. The Labute approximate surface area is 92.2 Å². The summed E-state index contributed by atoms with van der Waals surface area (Å²) < 4.78 is 0. The first kappa shape index (κ1) is 10.9. The Balaban J connectivity index is 1.95. The maximum Gasteiger partial charge on any atom is 0.226 e. The topological polar surface area (TPSA) is 32.3 Å². The zero-order chi connectivity index (χ0) is 11.0. The van der Waals surface area contributed by atoms with E-state index in [9.17, 15) is 4.79 Å². The third kappa shape index (κ3) is 1.89. The number of carbonyl (C=O) groups excluding carboxylic acids is 1. The van der Waals surface area contributed by atoms with Gasteiger partial charge in [-0.15, -0.1) is 0 Å². The van der Waals surface area contributed by atoms with Gasteiger partial charge in [0.1, 0.15) is 0 Å². The Morgan fingerprint density at radius 2 is 2.07 bits per heavy atom. The van der Waals surface area contributed by atoms with Gasteiger partial charge in [0.05, 0.1) is 0 Å². The molecule has 2 heterocycles. The molecule has 0 aromatic carbocycles. The zero-order valence-corrected chi connectivity index (χ0v) is 9.99. The van der Waals surface area contributed by atoms with E-state index in [-0.39, 0.29) is 5.92 Å². The number of nitrogens with zero attached hydrogens (tertiary/aromatic N) is 1. The van der Waals surface area contributed by atoms with Gasteiger partial charge in [0.15, 0.2) is 0 Å². The van der Waals surface area contributed by atoms with Crippen LogP contribution in [0.4, 0.5) is 0 Å². The van der Waals surface area contributed by atoms with Crippen LogP contribution in [-0.2, 0) is 4.79 Å². The van der Waals surface area contributed by atoms with Crippen molar-refractivity contribution in [2.24, 2.45) is 17.8 Å². The second-order valence-corrected chi connectivity index (χ2v) is 5.25. The van der Waals surface area contributed by atoms with Crippen molar-refractivity contribution in [3.05, 3.63) is 0 Å². The van der Waals surface area contributed by atoms with Crippen LogP contribution in [0.25, 0.3) is 0 Å². The van der Waals surface area contributed by atoms with Crippen LogP contribution < -0.4 is 5.32 Å². The maximum atomic E-state index is 12.2. The van der Waals surface area contributed by atoms with E-state index in [1.165, 1.54) is 6.42 Å². The van der Waals surface area contributed by atoms with E-state index >= 15 is 0 Å². The summed E-state index contributed by atoms with van der Waals surface area (Å²) in [7, 11) is 0. The number of hydrogen-bond acceptors (Lipinski definition) is 2. The fourth-order valence-electron chi connectivity index (χ4n) is 2.53. The highest BCUT2D eigenvalue weighted by atomic mass is 16.2. The quantitative estimate of drug-likeness (QED) is 0.740. The fraction of sp³-hybridized carbons (Fsp3) is 0.917. The predicted octanol–water partition coefficient (Wildman–Crippen LogP) is 1.10. The molecule has 3 atom stereocenters. The second kappa shape index (κ2) is 4.12. The number of carbonyl (C=O) groups is 1. The average molecular weight is 210 g/mol. The SMILES string of the molecule is CC1CCN(C(=O)C(C)C2CNC2)C1C. The first-order valence-corrected chi connectivity index (χ1v) is 6.12. The summed E-state index contributed by atoms with van der Waals surface area (Å²) in [6.45, 7) is 9.51. The lowest BCUT2D eigenvalue weighted by Gasteiger charge is -2.35. The summed E-state index contributed by atoms with van der Waals surface area (Å²) >= 11 is 0. The van der Waals surface area contributed by atoms with E-state index in [1.54, 1.807) is 0 Å². The normalized spacial score (nSPS) is 33.9. The van der Waals surface area contributed by atoms with Crippen LogP contribution in [0.1, 0.15) is 27.2 Å². The van der Waals surface area contributed by atoms with E-state index < -0.39 is 0 Å². The number of hydrogen-bond donors (Lipinski definition) is 1. The van der Waals surface area contributed by atoms with E-state index in [1.807, 2.05) is 0 Å². The molecule has 2 fully saturated rings. The highest BCUT2D eigenvalue weighted by Gasteiger charge is 2.37. The van der Waals surface area contributed by atoms with E-state index in [2.05, 4.69) is 31.0 Å². The molecule has 1 amide bonds. The zero-order valence-electron chi connectivity index (χ0n) is 9.99. The van der Waals surface area contributed by atoms with Gasteiger partial charge in [-0.25, -0.2) is 0 Å². The molecule has 0 bridgehead atoms. The Hall–Kier alpha value is -0.570. The van der Waals surface area contributed by atoms with Crippen molar-refractivity contribution in [2.75, 3.05) is 19.6 Å². The first-order valence-electron chi connectivity index (χ1n) is 6.12. The van der Waals surface area contributed by atoms with Gasteiger partial charge in [-0.05, 0) is 38.3 Å². The minimum atomic E-state index is 0.207. The van der Waals surface area contributed by atoms with Gasteiger partial charge >= 0.3 is 0 Å². The van der Waals surface area contributed by atoms with Gasteiger partial charge in [-0.1, -0.05) is 13.8 Å². The highest BCUT2D eigenvalue weighted by molar-refractivity contribution is 5.79. The summed E-state index contributed by atoms with van der Waals surface area (Å²) in [6.07, 6.45) is 1.17. The summed E-state index contributed by atoms with van der Waals surface area (Å²) in [6, 6.07) is 0.438. The Kier molecular flexibility index (Phi) is 3.01. The van der Waals surface area contributed by atoms with Crippen molar-refractivity contribution in [3.8, 4) is 0 Å². The van der Waals surface area contributed by atoms with Gasteiger partial charge < -0.3 is 10.2 Å². The van der Waals surface area contributed by atoms with Gasteiger partial charge in [-0.3, -0.25) is 4.79 Å². The lowest BCUT2D eigenvalue weighted by molar-refractivity contribution is -0.138. The number of likely N-dealkylation sites (tertiary alicyclic amines) is 1. The number of rotatable bonds is 2. The van der Waals surface area contributed by atoms with Gasteiger partial charge in [0, 0.05) is 18.5 Å². The predicted molar refractivity (Wildman–Crippen MR) is 60.5 cm³/mol. The summed E-state index contributed by atoms with van der Waals surface area (Å²) in [5.41, 5.74) is 0. The van der Waals surface area contributed by atoms with Crippen molar-refractivity contribution < 1.29 is 4.79 Å². The van der Waals surface area contributed by atoms with Crippen LogP contribution in [-0.4, -0.2) is 36.5 Å². The summed E-state index contributed by atoms with van der Waals surface area (Å²) in [4.78, 5) is 14.3. The Morgan fingerprint density at radius 3 is 2.47 bits per heavy atom. The van der Waals surface area contributed by atoms with E-state index in [0.29, 0.717) is 23.8 Å². The van der Waals surface area contributed by atoms with Gasteiger partial charge in [0.2, 0.25) is 5.91 Å². The van der Waals surface area contributed by atoms with Crippen molar-refractivity contribution in [2.45, 2.75) is 33.2 Å². The van der Waals surface area contributed by atoms with E-state index in [0.717, 1.165) is 19.6 Å². The average Bonchev–Trinajstić information content (AvgIpc) is 2.44. The molecule has 2 aliphatic heterocycles. The third-order valence-corrected chi connectivity index (χ3v) is 4.33. The smallest absolute Gasteiger partial charge is 0.226 e. The molecule has 0 saturated carbocycles.